The monoisotopic (exact) mass is 248 g/mol. The smallest absolute Gasteiger partial charge is 0.153 e. The Hall–Kier alpha value is -1.75. The van der Waals surface area contributed by atoms with Crippen LogP contribution >= 0.6 is 0 Å². The number of fused-ring (bicyclic) bond motifs is 1. The summed E-state index contributed by atoms with van der Waals surface area (Å²) >= 11 is 0. The van der Waals surface area contributed by atoms with Gasteiger partial charge in [0.2, 0.25) is 0 Å². The number of hydrogen-bond acceptors (Lipinski definition) is 4. The van der Waals surface area contributed by atoms with Gasteiger partial charge in [0, 0.05) is 18.0 Å². The van der Waals surface area contributed by atoms with Gasteiger partial charge in [0.15, 0.2) is 5.82 Å². The van der Waals surface area contributed by atoms with Crippen molar-refractivity contribution in [3.8, 4) is 5.75 Å². The highest BCUT2D eigenvalue weighted by Gasteiger charge is 2.10. The van der Waals surface area contributed by atoms with Crippen molar-refractivity contribution in [3.05, 3.63) is 18.2 Å². The maximum atomic E-state index is 9.46. The molecule has 1 aromatic carbocycles. The molecule has 1 atom stereocenters. The molecule has 0 saturated heterocycles. The third-order valence-electron chi connectivity index (χ3n) is 3.40. The van der Waals surface area contributed by atoms with Crippen LogP contribution in [-0.2, 0) is 6.54 Å². The minimum atomic E-state index is 0.218. The average molecular weight is 248 g/mol. The Morgan fingerprint density at radius 1 is 1.44 bits per heavy atom. The van der Waals surface area contributed by atoms with E-state index in [1.807, 2.05) is 10.7 Å². The molecule has 0 bridgehead atoms. The van der Waals surface area contributed by atoms with Gasteiger partial charge in [-0.3, -0.25) is 4.68 Å². The lowest BCUT2D eigenvalue weighted by atomic mass is 10.2. The number of aryl methyl sites for hydroxylation is 1. The highest BCUT2D eigenvalue weighted by molar-refractivity contribution is 5.90. The van der Waals surface area contributed by atoms with Crippen molar-refractivity contribution in [1.82, 2.24) is 14.7 Å². The van der Waals surface area contributed by atoms with Crippen LogP contribution in [-0.4, -0.2) is 39.9 Å². The zero-order chi connectivity index (χ0) is 13.3. The maximum Gasteiger partial charge on any atom is 0.153 e. The molecule has 98 valence electrons. The van der Waals surface area contributed by atoms with Gasteiger partial charge >= 0.3 is 0 Å². The van der Waals surface area contributed by atoms with Crippen LogP contribution in [0.25, 0.3) is 10.9 Å². The van der Waals surface area contributed by atoms with Gasteiger partial charge in [0.25, 0.3) is 0 Å². The molecule has 3 N–H and O–H groups in total. The molecule has 2 rings (SSSR count). The second-order valence-corrected chi connectivity index (χ2v) is 4.91. The second-order valence-electron chi connectivity index (χ2n) is 4.91. The second kappa shape index (κ2) is 4.86. The number of benzene rings is 1. The van der Waals surface area contributed by atoms with Gasteiger partial charge in [0.1, 0.15) is 5.75 Å². The van der Waals surface area contributed by atoms with E-state index in [1.54, 1.807) is 12.1 Å². The van der Waals surface area contributed by atoms with Gasteiger partial charge in [-0.15, -0.1) is 0 Å². The summed E-state index contributed by atoms with van der Waals surface area (Å²) in [5, 5.41) is 14.6. The standard InChI is InChI=1S/C13H20N4O/c1-9(16(2)3)6-7-17-12-5-4-10(18)8-11(12)13(14)15-17/h4-5,8-9,18H,6-7H2,1-3H3,(H2,14,15). The molecule has 0 spiro atoms. The molecule has 2 aromatic rings. The van der Waals surface area contributed by atoms with Crippen LogP contribution in [0.4, 0.5) is 5.82 Å². The van der Waals surface area contributed by atoms with Crippen LogP contribution in [0.15, 0.2) is 18.2 Å². The van der Waals surface area contributed by atoms with Crippen LogP contribution in [0.1, 0.15) is 13.3 Å². The zero-order valence-electron chi connectivity index (χ0n) is 11.1. The van der Waals surface area contributed by atoms with Crippen LogP contribution in [0, 0.1) is 0 Å². The van der Waals surface area contributed by atoms with Crippen LogP contribution in [0.3, 0.4) is 0 Å². The lowest BCUT2D eigenvalue weighted by molar-refractivity contribution is 0.286. The Balaban J connectivity index is 2.24. The summed E-state index contributed by atoms with van der Waals surface area (Å²) in [5.41, 5.74) is 6.83. The van der Waals surface area contributed by atoms with Gasteiger partial charge in [0.05, 0.1) is 5.52 Å². The van der Waals surface area contributed by atoms with E-state index in [0.29, 0.717) is 11.9 Å². The molecular formula is C13H20N4O. The molecule has 1 unspecified atom stereocenters. The quantitative estimate of drug-likeness (QED) is 0.863. The first-order valence-electron chi connectivity index (χ1n) is 6.10. The molecule has 1 heterocycles. The molecule has 0 saturated carbocycles. The van der Waals surface area contributed by atoms with Gasteiger partial charge in [-0.25, -0.2) is 0 Å². The lowest BCUT2D eigenvalue weighted by Gasteiger charge is -2.19. The predicted molar refractivity (Wildman–Crippen MR) is 73.6 cm³/mol. The van der Waals surface area contributed by atoms with Gasteiger partial charge < -0.3 is 15.7 Å². The molecule has 5 heteroatoms. The maximum absolute atomic E-state index is 9.46. The SMILES string of the molecule is CC(CCn1nc(N)c2cc(O)ccc21)N(C)C. The number of aromatic hydroxyl groups is 1. The average Bonchev–Trinajstić information content (AvgIpc) is 2.63. The Morgan fingerprint density at radius 2 is 2.17 bits per heavy atom. The first-order valence-corrected chi connectivity index (χ1v) is 6.10. The van der Waals surface area contributed by atoms with Crippen molar-refractivity contribution in [2.75, 3.05) is 19.8 Å². The van der Waals surface area contributed by atoms with Crippen LogP contribution in [0.2, 0.25) is 0 Å². The van der Waals surface area contributed by atoms with E-state index >= 15 is 0 Å². The van der Waals surface area contributed by atoms with Gasteiger partial charge in [-0.05, 0) is 45.6 Å². The molecule has 5 nitrogen and oxygen atoms in total. The third-order valence-corrected chi connectivity index (χ3v) is 3.40. The fraction of sp³-hybridized carbons (Fsp3) is 0.462. The summed E-state index contributed by atoms with van der Waals surface area (Å²) in [6.45, 7) is 3.00. The highest BCUT2D eigenvalue weighted by atomic mass is 16.3. The van der Waals surface area contributed by atoms with E-state index in [2.05, 4.69) is 31.0 Å². The minimum absolute atomic E-state index is 0.218. The van der Waals surface area contributed by atoms with E-state index in [-0.39, 0.29) is 5.75 Å². The Kier molecular flexibility index (Phi) is 3.43. The highest BCUT2D eigenvalue weighted by Crippen LogP contribution is 2.25. The topological polar surface area (TPSA) is 67.3 Å². The molecule has 0 aliphatic carbocycles. The van der Waals surface area contributed by atoms with Crippen molar-refractivity contribution in [3.63, 3.8) is 0 Å². The fourth-order valence-electron chi connectivity index (χ4n) is 1.93. The van der Waals surface area contributed by atoms with Crippen molar-refractivity contribution in [2.24, 2.45) is 0 Å². The largest absolute Gasteiger partial charge is 0.508 e. The van der Waals surface area contributed by atoms with Crippen molar-refractivity contribution in [1.29, 1.82) is 0 Å². The number of nitrogens with zero attached hydrogens (tertiary/aromatic N) is 3. The number of rotatable bonds is 4. The summed E-state index contributed by atoms with van der Waals surface area (Å²) in [6, 6.07) is 5.66. The van der Waals surface area contributed by atoms with Crippen molar-refractivity contribution < 1.29 is 5.11 Å². The predicted octanol–water partition coefficient (Wildman–Crippen LogP) is 1.66. The first-order chi connectivity index (χ1) is 8.49. The van der Waals surface area contributed by atoms with E-state index in [1.165, 1.54) is 0 Å². The lowest BCUT2D eigenvalue weighted by Crippen LogP contribution is -2.26. The molecule has 0 fully saturated rings. The number of phenols is 1. The van der Waals surface area contributed by atoms with E-state index in [0.717, 1.165) is 23.9 Å². The summed E-state index contributed by atoms with van der Waals surface area (Å²) in [6.07, 6.45) is 1.00. The van der Waals surface area contributed by atoms with E-state index in [9.17, 15) is 5.11 Å². The number of anilines is 1. The summed E-state index contributed by atoms with van der Waals surface area (Å²) in [5.74, 6) is 0.689. The summed E-state index contributed by atoms with van der Waals surface area (Å²) in [4.78, 5) is 2.18. The van der Waals surface area contributed by atoms with Gasteiger partial charge in [-0.2, -0.15) is 5.10 Å². The normalized spacial score (nSPS) is 13.3. The van der Waals surface area contributed by atoms with Gasteiger partial charge in [-0.1, -0.05) is 0 Å². The molecule has 0 radical (unpaired) electrons. The molecule has 18 heavy (non-hydrogen) atoms. The number of nitrogens with two attached hydrogens (primary N) is 1. The summed E-state index contributed by atoms with van der Waals surface area (Å²) in [7, 11) is 4.14. The molecular weight excluding hydrogens is 228 g/mol. The Bertz CT molecular complexity index is 547. The van der Waals surface area contributed by atoms with Crippen molar-refractivity contribution >= 4 is 16.7 Å². The number of phenolic OH excluding ortho intramolecular Hbond substituents is 1. The zero-order valence-corrected chi connectivity index (χ0v) is 11.1. The Labute approximate surface area is 107 Å². The minimum Gasteiger partial charge on any atom is -0.508 e. The van der Waals surface area contributed by atoms with Crippen LogP contribution in [0.5, 0.6) is 5.75 Å². The first kappa shape index (κ1) is 12.7. The van der Waals surface area contributed by atoms with Crippen LogP contribution < -0.4 is 5.73 Å². The number of aromatic nitrogens is 2. The molecule has 0 amide bonds. The van der Waals surface area contributed by atoms with E-state index in [4.69, 9.17) is 5.73 Å². The summed E-state index contributed by atoms with van der Waals surface area (Å²) < 4.78 is 1.91. The number of nitrogen functional groups attached to an aromatic ring is 1. The fourth-order valence-corrected chi connectivity index (χ4v) is 1.93. The third kappa shape index (κ3) is 2.41. The Morgan fingerprint density at radius 3 is 2.83 bits per heavy atom. The molecule has 1 aromatic heterocycles. The van der Waals surface area contributed by atoms with E-state index < -0.39 is 0 Å². The molecule has 0 aliphatic heterocycles. The number of hydrogen-bond donors (Lipinski definition) is 2. The van der Waals surface area contributed by atoms with Crippen molar-refractivity contribution in [2.45, 2.75) is 25.9 Å². The molecule has 0 aliphatic rings.